The van der Waals surface area contributed by atoms with E-state index in [0.29, 0.717) is 11.3 Å². The maximum atomic E-state index is 11.4. The Morgan fingerprint density at radius 3 is 2.68 bits per heavy atom. The van der Waals surface area contributed by atoms with Crippen LogP contribution < -0.4 is 5.73 Å². The summed E-state index contributed by atoms with van der Waals surface area (Å²) >= 11 is 3.29. The van der Waals surface area contributed by atoms with E-state index >= 15 is 0 Å². The molecular formula is C11H12BrN3O3S. The molecule has 19 heavy (non-hydrogen) atoms. The minimum atomic E-state index is -3.26. The summed E-state index contributed by atoms with van der Waals surface area (Å²) in [5.41, 5.74) is 6.94. The average Bonchev–Trinajstić information content (AvgIpc) is 2.79. The lowest BCUT2D eigenvalue weighted by molar-refractivity contribution is 0.422. The molecule has 0 radical (unpaired) electrons. The number of benzene rings is 1. The Bertz CT molecular complexity index is 712. The topological polar surface area (TPSA) is 99.1 Å². The molecule has 0 fully saturated rings. The van der Waals surface area contributed by atoms with Crippen molar-refractivity contribution in [3.05, 3.63) is 28.5 Å². The van der Waals surface area contributed by atoms with Crippen LogP contribution in [0.4, 0.5) is 5.69 Å². The van der Waals surface area contributed by atoms with Crippen molar-refractivity contribution < 1.29 is 12.9 Å². The molecule has 1 heterocycles. The summed E-state index contributed by atoms with van der Waals surface area (Å²) in [6, 6.07) is 5.18. The molecule has 0 saturated carbocycles. The number of halogens is 1. The number of rotatable bonds is 3. The lowest BCUT2D eigenvalue weighted by atomic mass is 10.2. The molecule has 1 aromatic carbocycles. The molecule has 0 bridgehead atoms. The molecule has 0 saturated heterocycles. The van der Waals surface area contributed by atoms with Crippen molar-refractivity contribution in [1.29, 1.82) is 0 Å². The number of hydrogen-bond acceptors (Lipinski definition) is 6. The van der Waals surface area contributed by atoms with E-state index in [1.165, 1.54) is 6.92 Å². The Labute approximate surface area is 119 Å². The number of nitrogen functional groups attached to an aromatic ring is 1. The van der Waals surface area contributed by atoms with Crippen LogP contribution in [0.25, 0.3) is 11.5 Å². The van der Waals surface area contributed by atoms with Crippen LogP contribution in [0.15, 0.2) is 27.2 Å². The number of nitrogens with two attached hydrogens (primary N) is 1. The lowest BCUT2D eigenvalue weighted by Gasteiger charge is -2.02. The van der Waals surface area contributed by atoms with Crippen LogP contribution in [-0.2, 0) is 9.84 Å². The average molecular weight is 346 g/mol. The summed E-state index contributed by atoms with van der Waals surface area (Å²) in [7, 11) is -3.26. The molecule has 8 heteroatoms. The first-order chi connectivity index (χ1) is 8.79. The number of aromatic nitrogens is 2. The molecule has 2 N–H and O–H groups in total. The maximum Gasteiger partial charge on any atom is 0.258 e. The van der Waals surface area contributed by atoms with Crippen LogP contribution in [-0.4, -0.2) is 24.8 Å². The van der Waals surface area contributed by atoms with Crippen molar-refractivity contribution in [2.24, 2.45) is 0 Å². The Balaban J connectivity index is 2.38. The molecule has 1 aromatic heterocycles. The fourth-order valence-electron chi connectivity index (χ4n) is 1.39. The zero-order valence-electron chi connectivity index (χ0n) is 10.3. The fourth-order valence-corrected chi connectivity index (χ4v) is 2.11. The number of sulfone groups is 1. The van der Waals surface area contributed by atoms with Gasteiger partial charge in [0.2, 0.25) is 0 Å². The largest absolute Gasteiger partial charge is 0.398 e. The van der Waals surface area contributed by atoms with Gasteiger partial charge in [0, 0.05) is 22.0 Å². The molecule has 2 aromatic rings. The van der Waals surface area contributed by atoms with Gasteiger partial charge in [-0.2, -0.15) is 4.98 Å². The van der Waals surface area contributed by atoms with E-state index in [2.05, 4.69) is 26.1 Å². The van der Waals surface area contributed by atoms with Crippen molar-refractivity contribution >= 4 is 31.5 Å². The second kappa shape index (κ2) is 4.93. The summed E-state index contributed by atoms with van der Waals surface area (Å²) < 4.78 is 28.7. The monoisotopic (exact) mass is 345 g/mol. The van der Waals surface area contributed by atoms with Gasteiger partial charge in [0.25, 0.3) is 5.89 Å². The Hall–Kier alpha value is -1.41. The van der Waals surface area contributed by atoms with Crippen molar-refractivity contribution in [3.8, 4) is 11.5 Å². The van der Waals surface area contributed by atoms with Crippen LogP contribution in [0.3, 0.4) is 0 Å². The van der Waals surface area contributed by atoms with Crippen molar-refractivity contribution in [2.75, 3.05) is 12.0 Å². The van der Waals surface area contributed by atoms with Crippen LogP contribution in [0, 0.1) is 0 Å². The standard InChI is InChI=1S/C11H12BrN3O3S/c1-6(19(2,16)17)10-14-11(18-15-10)7-3-4-8(12)9(13)5-7/h3-6H,13H2,1-2H3. The normalized spacial score (nSPS) is 13.4. The molecule has 2 rings (SSSR count). The van der Waals surface area contributed by atoms with Gasteiger partial charge in [0.05, 0.1) is 0 Å². The second-order valence-corrected chi connectivity index (χ2v) is 7.39. The van der Waals surface area contributed by atoms with E-state index in [4.69, 9.17) is 10.3 Å². The first-order valence-corrected chi connectivity index (χ1v) is 8.11. The molecule has 1 atom stereocenters. The highest BCUT2D eigenvalue weighted by Gasteiger charge is 2.23. The molecule has 0 amide bonds. The third-order valence-electron chi connectivity index (χ3n) is 2.69. The summed E-state index contributed by atoms with van der Waals surface area (Å²) in [4.78, 5) is 4.09. The molecule has 0 spiro atoms. The molecule has 1 unspecified atom stereocenters. The number of nitrogens with zero attached hydrogens (tertiary/aromatic N) is 2. The fraction of sp³-hybridized carbons (Fsp3) is 0.273. The van der Waals surface area contributed by atoms with Gasteiger partial charge in [-0.25, -0.2) is 8.42 Å². The summed E-state index contributed by atoms with van der Waals surface area (Å²) in [6.07, 6.45) is 1.13. The van der Waals surface area contributed by atoms with E-state index < -0.39 is 15.1 Å². The quantitative estimate of drug-likeness (QED) is 0.856. The van der Waals surface area contributed by atoms with E-state index in [-0.39, 0.29) is 11.7 Å². The molecule has 102 valence electrons. The van der Waals surface area contributed by atoms with Gasteiger partial charge in [0.1, 0.15) is 5.25 Å². The highest BCUT2D eigenvalue weighted by molar-refractivity contribution is 9.10. The van der Waals surface area contributed by atoms with E-state index in [9.17, 15) is 8.42 Å². The second-order valence-electron chi connectivity index (χ2n) is 4.17. The predicted octanol–water partition coefficient (Wildman–Crippen LogP) is 2.19. The maximum absolute atomic E-state index is 11.4. The minimum absolute atomic E-state index is 0.138. The van der Waals surface area contributed by atoms with Crippen molar-refractivity contribution in [2.45, 2.75) is 12.2 Å². The van der Waals surface area contributed by atoms with Gasteiger partial charge < -0.3 is 10.3 Å². The number of anilines is 1. The highest BCUT2D eigenvalue weighted by Crippen LogP contribution is 2.27. The SMILES string of the molecule is CC(c1noc(-c2ccc(Br)c(N)c2)n1)S(C)(=O)=O. The Kier molecular flexibility index (Phi) is 3.64. The van der Waals surface area contributed by atoms with Gasteiger partial charge in [-0.15, -0.1) is 0 Å². The zero-order chi connectivity index (χ0) is 14.2. The van der Waals surface area contributed by atoms with Crippen LogP contribution >= 0.6 is 15.9 Å². The van der Waals surface area contributed by atoms with E-state index in [0.717, 1.165) is 10.7 Å². The van der Waals surface area contributed by atoms with E-state index in [1.807, 2.05) is 0 Å². The smallest absolute Gasteiger partial charge is 0.258 e. The van der Waals surface area contributed by atoms with Gasteiger partial charge in [0.15, 0.2) is 15.7 Å². The zero-order valence-corrected chi connectivity index (χ0v) is 12.7. The van der Waals surface area contributed by atoms with Crippen LogP contribution in [0.1, 0.15) is 18.0 Å². The summed E-state index contributed by atoms with van der Waals surface area (Å²) in [5, 5.41) is 2.89. The van der Waals surface area contributed by atoms with Gasteiger partial charge in [-0.3, -0.25) is 0 Å². The minimum Gasteiger partial charge on any atom is -0.398 e. The van der Waals surface area contributed by atoms with Gasteiger partial charge >= 0.3 is 0 Å². The summed E-state index contributed by atoms with van der Waals surface area (Å²) in [5.74, 6) is 0.378. The molecule has 0 aliphatic carbocycles. The van der Waals surface area contributed by atoms with Gasteiger partial charge in [-0.1, -0.05) is 5.16 Å². The molecular weight excluding hydrogens is 334 g/mol. The summed E-state index contributed by atoms with van der Waals surface area (Å²) in [6.45, 7) is 1.51. The molecule has 6 nitrogen and oxygen atoms in total. The van der Waals surface area contributed by atoms with E-state index in [1.54, 1.807) is 18.2 Å². The first-order valence-electron chi connectivity index (χ1n) is 5.37. The first kappa shape index (κ1) is 14.0. The molecule has 0 aliphatic rings. The number of hydrogen-bond donors (Lipinski definition) is 1. The Morgan fingerprint density at radius 1 is 1.42 bits per heavy atom. The third kappa shape index (κ3) is 2.95. The molecule has 0 aliphatic heterocycles. The Morgan fingerprint density at radius 2 is 2.11 bits per heavy atom. The van der Waals surface area contributed by atoms with Gasteiger partial charge in [-0.05, 0) is 41.1 Å². The van der Waals surface area contributed by atoms with Crippen molar-refractivity contribution in [3.63, 3.8) is 0 Å². The van der Waals surface area contributed by atoms with Crippen LogP contribution in [0.5, 0.6) is 0 Å². The third-order valence-corrected chi connectivity index (χ3v) is 4.91. The predicted molar refractivity (Wildman–Crippen MR) is 75.1 cm³/mol. The lowest BCUT2D eigenvalue weighted by Crippen LogP contribution is -2.09. The highest BCUT2D eigenvalue weighted by atomic mass is 79.9. The van der Waals surface area contributed by atoms with Crippen molar-refractivity contribution in [1.82, 2.24) is 10.1 Å². The van der Waals surface area contributed by atoms with Crippen LogP contribution in [0.2, 0.25) is 0 Å².